The molecule has 0 bridgehead atoms. The largest absolute Gasteiger partial charge is 0.464 e. The zero-order chi connectivity index (χ0) is 20.4. The molecule has 0 radical (unpaired) electrons. The van der Waals surface area contributed by atoms with Gasteiger partial charge >= 0.3 is 17.9 Å². The predicted molar refractivity (Wildman–Crippen MR) is 95.4 cm³/mol. The molecule has 0 aromatic heterocycles. The highest BCUT2D eigenvalue weighted by molar-refractivity contribution is 6.07. The molecule has 0 aliphatic rings. The van der Waals surface area contributed by atoms with E-state index < -0.39 is 35.5 Å². The summed E-state index contributed by atoms with van der Waals surface area (Å²) in [6, 6.07) is 8.58. The summed E-state index contributed by atoms with van der Waals surface area (Å²) >= 11 is 0. The van der Waals surface area contributed by atoms with E-state index in [1.54, 1.807) is 44.2 Å². The Morgan fingerprint density at radius 2 is 1.48 bits per heavy atom. The van der Waals surface area contributed by atoms with Gasteiger partial charge in [0.15, 0.2) is 0 Å². The van der Waals surface area contributed by atoms with Crippen LogP contribution >= 0.6 is 0 Å². The van der Waals surface area contributed by atoms with Crippen molar-refractivity contribution in [1.29, 1.82) is 0 Å². The van der Waals surface area contributed by atoms with Crippen LogP contribution in [0, 0.1) is 0 Å². The first-order valence-corrected chi connectivity index (χ1v) is 8.62. The van der Waals surface area contributed by atoms with Gasteiger partial charge in [0.25, 0.3) is 0 Å². The second-order valence-corrected chi connectivity index (χ2v) is 5.74. The van der Waals surface area contributed by atoms with E-state index in [1.165, 1.54) is 6.92 Å². The molecule has 1 unspecified atom stereocenters. The minimum absolute atomic E-state index is 0.0108. The number of hydrogen-bond acceptors (Lipinski definition) is 7. The number of nitrogens with one attached hydrogen (secondary N) is 1. The first-order chi connectivity index (χ1) is 12.8. The third-order valence-electron chi connectivity index (χ3n) is 3.61. The van der Waals surface area contributed by atoms with Crippen LogP contribution in [0.25, 0.3) is 0 Å². The van der Waals surface area contributed by atoms with Crippen molar-refractivity contribution in [1.82, 2.24) is 5.32 Å². The predicted octanol–water partition coefficient (Wildman–Crippen LogP) is 1.68. The maximum Gasteiger partial charge on any atom is 0.343 e. The fourth-order valence-electron chi connectivity index (χ4n) is 2.59. The van der Waals surface area contributed by atoms with E-state index in [9.17, 15) is 19.2 Å². The monoisotopic (exact) mass is 379 g/mol. The van der Waals surface area contributed by atoms with Crippen molar-refractivity contribution in [3.63, 3.8) is 0 Å². The normalized spacial score (nSPS) is 11.9. The average Bonchev–Trinajstić information content (AvgIpc) is 2.60. The maximum absolute atomic E-state index is 12.7. The molecule has 1 amide bonds. The summed E-state index contributed by atoms with van der Waals surface area (Å²) in [6.07, 6.45) is -1.35. The van der Waals surface area contributed by atoms with Crippen molar-refractivity contribution in [2.45, 2.75) is 45.8 Å². The Bertz CT molecular complexity index is 654. The van der Waals surface area contributed by atoms with Gasteiger partial charge < -0.3 is 19.5 Å². The van der Waals surface area contributed by atoms with E-state index in [0.29, 0.717) is 5.56 Å². The molecule has 0 spiro atoms. The molecule has 27 heavy (non-hydrogen) atoms. The van der Waals surface area contributed by atoms with Crippen molar-refractivity contribution in [2.75, 3.05) is 13.2 Å². The number of carbonyl (C=O) groups is 4. The van der Waals surface area contributed by atoms with Crippen LogP contribution in [0.3, 0.4) is 0 Å². The standard InChI is InChI=1S/C19H25NO7/c1-5-25-17(23)19(20-13(3)21,18(24)26-6-2)12-16(27-14(4)22)15-10-8-7-9-11-15/h7-11,16H,5-6,12H2,1-4H3,(H,20,21). The minimum Gasteiger partial charge on any atom is -0.464 e. The smallest absolute Gasteiger partial charge is 0.343 e. The van der Waals surface area contributed by atoms with Crippen molar-refractivity contribution in [3.05, 3.63) is 35.9 Å². The van der Waals surface area contributed by atoms with Gasteiger partial charge in [-0.2, -0.15) is 0 Å². The molecule has 0 aliphatic carbocycles. The van der Waals surface area contributed by atoms with E-state index >= 15 is 0 Å². The van der Waals surface area contributed by atoms with Crippen molar-refractivity contribution >= 4 is 23.8 Å². The molecule has 0 aliphatic heterocycles. The highest BCUT2D eigenvalue weighted by Crippen LogP contribution is 2.30. The van der Waals surface area contributed by atoms with Crippen LogP contribution in [0.15, 0.2) is 30.3 Å². The van der Waals surface area contributed by atoms with E-state index in [1.807, 2.05) is 0 Å². The summed E-state index contributed by atoms with van der Waals surface area (Å²) in [5, 5.41) is 2.36. The number of rotatable bonds is 9. The van der Waals surface area contributed by atoms with E-state index in [2.05, 4.69) is 5.32 Å². The highest BCUT2D eigenvalue weighted by atomic mass is 16.6. The van der Waals surface area contributed by atoms with Crippen molar-refractivity contribution in [3.8, 4) is 0 Å². The maximum atomic E-state index is 12.7. The number of hydrogen-bond donors (Lipinski definition) is 1. The topological polar surface area (TPSA) is 108 Å². The van der Waals surface area contributed by atoms with Crippen LogP contribution in [0.2, 0.25) is 0 Å². The Morgan fingerprint density at radius 1 is 0.963 bits per heavy atom. The van der Waals surface area contributed by atoms with E-state index in [0.717, 1.165) is 6.92 Å². The molecule has 1 aromatic rings. The lowest BCUT2D eigenvalue weighted by Gasteiger charge is -2.32. The third kappa shape index (κ3) is 6.09. The van der Waals surface area contributed by atoms with Crippen LogP contribution in [0.4, 0.5) is 0 Å². The molecule has 1 aromatic carbocycles. The molecule has 1 rings (SSSR count). The number of benzene rings is 1. The van der Waals surface area contributed by atoms with E-state index in [4.69, 9.17) is 14.2 Å². The molecule has 1 N–H and O–H groups in total. The van der Waals surface area contributed by atoms with Gasteiger partial charge in [-0.05, 0) is 19.4 Å². The van der Waals surface area contributed by atoms with Crippen molar-refractivity contribution < 1.29 is 33.4 Å². The van der Waals surface area contributed by atoms with Gasteiger partial charge in [-0.25, -0.2) is 9.59 Å². The molecular formula is C19H25NO7. The van der Waals surface area contributed by atoms with Crippen LogP contribution in [-0.2, 0) is 33.4 Å². The molecule has 0 heterocycles. The van der Waals surface area contributed by atoms with Crippen LogP contribution in [0.1, 0.15) is 45.8 Å². The van der Waals surface area contributed by atoms with Gasteiger partial charge in [-0.1, -0.05) is 30.3 Å². The number of ether oxygens (including phenoxy) is 3. The summed E-state index contributed by atoms with van der Waals surface area (Å²) in [5.41, 5.74) is -1.59. The molecule has 1 atom stereocenters. The Balaban J connectivity index is 3.43. The SMILES string of the molecule is CCOC(=O)C(CC(OC(C)=O)c1ccccc1)(NC(C)=O)C(=O)OCC. The quantitative estimate of drug-likeness (QED) is 0.395. The van der Waals surface area contributed by atoms with Gasteiger partial charge in [0.05, 0.1) is 13.2 Å². The number of amides is 1. The zero-order valence-electron chi connectivity index (χ0n) is 15.9. The van der Waals surface area contributed by atoms with Gasteiger partial charge in [-0.3, -0.25) is 9.59 Å². The molecule has 0 saturated carbocycles. The first kappa shape index (κ1) is 22.1. The van der Waals surface area contributed by atoms with Crippen molar-refractivity contribution in [2.24, 2.45) is 0 Å². The van der Waals surface area contributed by atoms with Crippen LogP contribution in [-0.4, -0.2) is 42.6 Å². The third-order valence-corrected chi connectivity index (χ3v) is 3.61. The Morgan fingerprint density at radius 3 is 1.89 bits per heavy atom. The van der Waals surface area contributed by atoms with Gasteiger partial charge in [0, 0.05) is 20.3 Å². The van der Waals surface area contributed by atoms with Gasteiger partial charge in [0.1, 0.15) is 6.10 Å². The molecule has 8 heteroatoms. The molecule has 8 nitrogen and oxygen atoms in total. The Labute approximate surface area is 158 Å². The number of carbonyl (C=O) groups excluding carboxylic acids is 4. The first-order valence-electron chi connectivity index (χ1n) is 8.62. The summed E-state index contributed by atoms with van der Waals surface area (Å²) in [7, 11) is 0. The fourth-order valence-corrected chi connectivity index (χ4v) is 2.59. The minimum atomic E-state index is -2.15. The molecular weight excluding hydrogens is 354 g/mol. The molecule has 0 fully saturated rings. The average molecular weight is 379 g/mol. The lowest BCUT2D eigenvalue weighted by Crippen LogP contribution is -2.62. The van der Waals surface area contributed by atoms with Crippen LogP contribution in [0.5, 0.6) is 0 Å². The Kier molecular flexibility index (Phi) is 8.44. The summed E-state index contributed by atoms with van der Waals surface area (Å²) in [5.74, 6) is -3.20. The second-order valence-electron chi connectivity index (χ2n) is 5.74. The lowest BCUT2D eigenvalue weighted by atomic mass is 9.88. The number of esters is 3. The lowest BCUT2D eigenvalue weighted by molar-refractivity contribution is -0.172. The summed E-state index contributed by atoms with van der Waals surface area (Å²) in [4.78, 5) is 48.7. The van der Waals surface area contributed by atoms with Crippen LogP contribution < -0.4 is 5.32 Å². The highest BCUT2D eigenvalue weighted by Gasteiger charge is 2.52. The zero-order valence-corrected chi connectivity index (χ0v) is 15.9. The summed E-state index contributed by atoms with van der Waals surface area (Å²) < 4.78 is 15.4. The Hall–Kier alpha value is -2.90. The summed E-state index contributed by atoms with van der Waals surface area (Å²) in [6.45, 7) is 5.50. The van der Waals surface area contributed by atoms with Gasteiger partial charge in [0.2, 0.25) is 11.4 Å². The second kappa shape index (κ2) is 10.3. The van der Waals surface area contributed by atoms with Gasteiger partial charge in [-0.15, -0.1) is 0 Å². The fraction of sp³-hybridized carbons (Fsp3) is 0.474. The molecule has 0 saturated heterocycles. The van der Waals surface area contributed by atoms with E-state index in [-0.39, 0.29) is 19.6 Å². The molecule has 148 valence electrons.